The molecule has 3 heteroatoms. The number of hydrogen-bond acceptors (Lipinski definition) is 2. The van der Waals surface area contributed by atoms with E-state index >= 15 is 0 Å². The van der Waals surface area contributed by atoms with Gasteiger partial charge in [0.2, 0.25) is 0 Å². The van der Waals surface area contributed by atoms with Crippen LogP contribution in [0, 0.1) is 0 Å². The van der Waals surface area contributed by atoms with Gasteiger partial charge in [-0.05, 0) is 86.0 Å². The number of allylic oxidation sites excluding steroid dienone is 6. The lowest BCUT2D eigenvalue weighted by Crippen LogP contribution is -2.34. The molecule has 1 unspecified atom stereocenters. The van der Waals surface area contributed by atoms with E-state index in [1.165, 1.54) is 29.6 Å². The molecule has 1 rings (SSSR count). The van der Waals surface area contributed by atoms with Crippen molar-refractivity contribution in [2.45, 2.75) is 111 Å². The van der Waals surface area contributed by atoms with Crippen molar-refractivity contribution in [3.05, 3.63) is 34.9 Å². The molecule has 1 saturated carbocycles. The minimum Gasteiger partial charge on any atom is -0.447 e. The molecule has 0 spiro atoms. The van der Waals surface area contributed by atoms with Crippen molar-refractivity contribution in [2.24, 2.45) is 0 Å². The van der Waals surface area contributed by atoms with Crippen LogP contribution in [0.15, 0.2) is 34.9 Å². The molecule has 0 aliphatic heterocycles. The molecule has 1 aliphatic carbocycles. The maximum atomic E-state index is 11.9. The zero-order valence-corrected chi connectivity index (χ0v) is 18.3. The number of carbonyl (C=O) groups excluding carboxylic acids is 1. The van der Waals surface area contributed by atoms with Crippen LogP contribution in [-0.4, -0.2) is 18.2 Å². The summed E-state index contributed by atoms with van der Waals surface area (Å²) in [4.78, 5) is 11.9. The number of nitrogens with one attached hydrogen (secondary N) is 1. The van der Waals surface area contributed by atoms with Crippen molar-refractivity contribution < 1.29 is 9.53 Å². The van der Waals surface area contributed by atoms with Crippen LogP contribution in [0.3, 0.4) is 0 Å². The minimum absolute atomic E-state index is 0.0346. The lowest BCUT2D eigenvalue weighted by Gasteiger charge is -2.16. The third kappa shape index (κ3) is 12.5. The van der Waals surface area contributed by atoms with Crippen LogP contribution in [0.25, 0.3) is 0 Å². The highest BCUT2D eigenvalue weighted by Gasteiger charge is 2.18. The Morgan fingerprint density at radius 3 is 2.11 bits per heavy atom. The number of amides is 1. The Bertz CT molecular complexity index is 520. The van der Waals surface area contributed by atoms with Crippen LogP contribution < -0.4 is 5.32 Å². The van der Waals surface area contributed by atoms with Crippen molar-refractivity contribution in [1.29, 1.82) is 0 Å². The van der Waals surface area contributed by atoms with Crippen molar-refractivity contribution in [1.82, 2.24) is 5.32 Å². The van der Waals surface area contributed by atoms with Crippen LogP contribution in [0.5, 0.6) is 0 Å². The van der Waals surface area contributed by atoms with Gasteiger partial charge in [0.15, 0.2) is 0 Å². The predicted octanol–water partition coefficient (Wildman–Crippen LogP) is 7.24. The fourth-order valence-corrected chi connectivity index (χ4v) is 3.42. The van der Waals surface area contributed by atoms with Crippen molar-refractivity contribution in [3.63, 3.8) is 0 Å². The van der Waals surface area contributed by atoms with E-state index in [0.29, 0.717) is 6.04 Å². The maximum Gasteiger partial charge on any atom is 0.407 e. The highest BCUT2D eigenvalue weighted by molar-refractivity contribution is 5.67. The van der Waals surface area contributed by atoms with Crippen LogP contribution in [0.4, 0.5) is 4.79 Å². The molecule has 1 amide bonds. The van der Waals surface area contributed by atoms with Crippen LogP contribution in [0.2, 0.25) is 0 Å². The molecule has 0 aromatic heterocycles. The van der Waals surface area contributed by atoms with Gasteiger partial charge in [-0.2, -0.15) is 0 Å². The van der Waals surface area contributed by atoms with E-state index in [0.717, 1.165) is 51.4 Å². The standard InChI is InChI=1S/C24H41NO2/c1-19(2)11-8-12-20(3)13-9-14-21(4)15-10-16-22(5)27-24(26)25-23-17-6-7-18-23/h11,13,15,22-23H,6-10,12,14,16-18H2,1-5H3,(H,25,26)/b20-13+,21-15+. The summed E-state index contributed by atoms with van der Waals surface area (Å²) in [7, 11) is 0. The predicted molar refractivity (Wildman–Crippen MR) is 116 cm³/mol. The first-order valence-electron chi connectivity index (χ1n) is 10.8. The molecule has 0 bridgehead atoms. The molecule has 0 aromatic rings. The Labute approximate surface area is 167 Å². The quantitative estimate of drug-likeness (QED) is 0.386. The van der Waals surface area contributed by atoms with Crippen LogP contribution >= 0.6 is 0 Å². The molecular weight excluding hydrogens is 334 g/mol. The zero-order chi connectivity index (χ0) is 20.1. The lowest BCUT2D eigenvalue weighted by molar-refractivity contribution is 0.0997. The van der Waals surface area contributed by atoms with Gasteiger partial charge >= 0.3 is 6.09 Å². The Kier molecular flexibility index (Phi) is 11.9. The first kappa shape index (κ1) is 23.5. The Hall–Kier alpha value is -1.51. The fraction of sp³-hybridized carbons (Fsp3) is 0.708. The molecule has 1 fully saturated rings. The molecule has 0 saturated heterocycles. The Morgan fingerprint density at radius 1 is 0.963 bits per heavy atom. The average molecular weight is 376 g/mol. The van der Waals surface area contributed by atoms with Gasteiger partial charge in [-0.25, -0.2) is 4.79 Å². The van der Waals surface area contributed by atoms with Gasteiger partial charge in [0.1, 0.15) is 6.10 Å². The number of alkyl carbamates (subject to hydrolysis) is 1. The second-order valence-electron chi connectivity index (χ2n) is 8.38. The van der Waals surface area contributed by atoms with Gasteiger partial charge in [-0.1, -0.05) is 47.8 Å². The molecule has 1 N–H and O–H groups in total. The molecule has 0 radical (unpaired) electrons. The molecule has 3 nitrogen and oxygen atoms in total. The number of hydrogen-bond donors (Lipinski definition) is 1. The fourth-order valence-electron chi connectivity index (χ4n) is 3.42. The van der Waals surface area contributed by atoms with Crippen molar-refractivity contribution >= 4 is 6.09 Å². The molecule has 0 aromatic carbocycles. The second kappa shape index (κ2) is 13.6. The first-order chi connectivity index (χ1) is 12.9. The average Bonchev–Trinajstić information content (AvgIpc) is 3.07. The smallest absolute Gasteiger partial charge is 0.407 e. The molecule has 27 heavy (non-hydrogen) atoms. The van der Waals surface area contributed by atoms with Crippen LogP contribution in [-0.2, 0) is 4.74 Å². The summed E-state index contributed by atoms with van der Waals surface area (Å²) in [5.41, 5.74) is 4.30. The van der Waals surface area contributed by atoms with Gasteiger partial charge in [-0.15, -0.1) is 0 Å². The molecular formula is C24H41NO2. The van der Waals surface area contributed by atoms with Gasteiger partial charge in [0.05, 0.1) is 0 Å². The van der Waals surface area contributed by atoms with E-state index in [1.54, 1.807) is 0 Å². The van der Waals surface area contributed by atoms with Crippen molar-refractivity contribution in [2.75, 3.05) is 0 Å². The SMILES string of the molecule is CC(C)=CCC/C(C)=C/CC/C(C)=C/CCC(C)OC(=O)NC1CCCC1. The molecule has 154 valence electrons. The normalized spacial score (nSPS) is 16.9. The second-order valence-corrected chi connectivity index (χ2v) is 8.38. The van der Waals surface area contributed by atoms with E-state index in [2.05, 4.69) is 51.2 Å². The summed E-state index contributed by atoms with van der Waals surface area (Å²) in [5, 5.41) is 2.98. The maximum absolute atomic E-state index is 11.9. The van der Waals surface area contributed by atoms with Crippen molar-refractivity contribution in [3.8, 4) is 0 Å². The Morgan fingerprint density at radius 2 is 1.52 bits per heavy atom. The monoisotopic (exact) mass is 375 g/mol. The number of carbonyl (C=O) groups is 1. The van der Waals surface area contributed by atoms with Crippen LogP contribution in [0.1, 0.15) is 98.8 Å². The summed E-state index contributed by atoms with van der Waals surface area (Å²) in [6.45, 7) is 10.7. The van der Waals surface area contributed by atoms with E-state index < -0.39 is 0 Å². The summed E-state index contributed by atoms with van der Waals surface area (Å²) in [5.74, 6) is 0. The molecule has 1 aliphatic rings. The molecule has 1 atom stereocenters. The van der Waals surface area contributed by atoms with Gasteiger partial charge in [0.25, 0.3) is 0 Å². The highest BCUT2D eigenvalue weighted by atomic mass is 16.6. The summed E-state index contributed by atoms with van der Waals surface area (Å²) in [6.07, 6.45) is 17.7. The minimum atomic E-state index is -0.246. The largest absolute Gasteiger partial charge is 0.447 e. The zero-order valence-electron chi connectivity index (χ0n) is 18.3. The van der Waals surface area contributed by atoms with Gasteiger partial charge < -0.3 is 10.1 Å². The number of ether oxygens (including phenoxy) is 1. The lowest BCUT2D eigenvalue weighted by atomic mass is 10.1. The molecule has 0 heterocycles. The van der Waals surface area contributed by atoms with E-state index in [9.17, 15) is 4.79 Å². The van der Waals surface area contributed by atoms with E-state index in [1.807, 2.05) is 6.92 Å². The third-order valence-electron chi connectivity index (χ3n) is 5.17. The van der Waals surface area contributed by atoms with Gasteiger partial charge in [-0.3, -0.25) is 0 Å². The topological polar surface area (TPSA) is 38.3 Å². The summed E-state index contributed by atoms with van der Waals surface area (Å²) >= 11 is 0. The Balaban J connectivity index is 2.15. The third-order valence-corrected chi connectivity index (χ3v) is 5.17. The first-order valence-corrected chi connectivity index (χ1v) is 10.8. The van der Waals surface area contributed by atoms with E-state index in [4.69, 9.17) is 4.74 Å². The summed E-state index contributed by atoms with van der Waals surface area (Å²) < 4.78 is 5.47. The number of rotatable bonds is 11. The highest BCUT2D eigenvalue weighted by Crippen LogP contribution is 2.18. The summed E-state index contributed by atoms with van der Waals surface area (Å²) in [6, 6.07) is 0.324. The van der Waals surface area contributed by atoms with E-state index in [-0.39, 0.29) is 12.2 Å². The van der Waals surface area contributed by atoms with Gasteiger partial charge in [0, 0.05) is 6.04 Å².